The SMILES string of the molecule is O=C(CCCl)N1CCC(c2noc3cc(F)ccc23)CC1. The molecule has 2 aromatic rings. The number of likely N-dealkylation sites (tertiary alicyclic amines) is 1. The predicted molar refractivity (Wildman–Crippen MR) is 77.9 cm³/mol. The first-order valence-corrected chi connectivity index (χ1v) is 7.61. The van der Waals surface area contributed by atoms with E-state index in [1.807, 2.05) is 4.90 Å². The van der Waals surface area contributed by atoms with E-state index < -0.39 is 0 Å². The van der Waals surface area contributed by atoms with E-state index in [1.165, 1.54) is 12.1 Å². The quantitative estimate of drug-likeness (QED) is 0.817. The van der Waals surface area contributed by atoms with Crippen LogP contribution >= 0.6 is 11.6 Å². The van der Waals surface area contributed by atoms with Gasteiger partial charge in [0.2, 0.25) is 5.91 Å². The van der Waals surface area contributed by atoms with Crippen LogP contribution in [0.1, 0.15) is 30.9 Å². The minimum atomic E-state index is -0.327. The van der Waals surface area contributed by atoms with Gasteiger partial charge in [0.15, 0.2) is 5.58 Å². The molecule has 0 bridgehead atoms. The second-order valence-corrected chi connectivity index (χ2v) is 5.68. The van der Waals surface area contributed by atoms with Gasteiger partial charge in [0, 0.05) is 42.8 Å². The molecular formula is C15H16ClFN2O2. The van der Waals surface area contributed by atoms with Crippen molar-refractivity contribution < 1.29 is 13.7 Å². The lowest BCUT2D eigenvalue weighted by Crippen LogP contribution is -2.38. The molecule has 0 aliphatic carbocycles. The lowest BCUT2D eigenvalue weighted by Gasteiger charge is -2.31. The molecule has 0 unspecified atom stereocenters. The van der Waals surface area contributed by atoms with Crippen LogP contribution in [0, 0.1) is 5.82 Å². The molecule has 1 aliphatic heterocycles. The second-order valence-electron chi connectivity index (χ2n) is 5.30. The van der Waals surface area contributed by atoms with Crippen molar-refractivity contribution in [1.82, 2.24) is 10.1 Å². The Balaban J connectivity index is 1.72. The van der Waals surface area contributed by atoms with Gasteiger partial charge in [-0.2, -0.15) is 0 Å². The minimum Gasteiger partial charge on any atom is -0.356 e. The van der Waals surface area contributed by atoms with Crippen LogP contribution in [-0.2, 0) is 4.79 Å². The number of amides is 1. The largest absolute Gasteiger partial charge is 0.356 e. The van der Waals surface area contributed by atoms with E-state index >= 15 is 0 Å². The minimum absolute atomic E-state index is 0.107. The highest BCUT2D eigenvalue weighted by Crippen LogP contribution is 2.32. The molecule has 1 amide bonds. The van der Waals surface area contributed by atoms with E-state index in [0.29, 0.717) is 31.0 Å². The monoisotopic (exact) mass is 310 g/mol. The average Bonchev–Trinajstić information content (AvgIpc) is 2.90. The summed E-state index contributed by atoms with van der Waals surface area (Å²) in [6.45, 7) is 1.41. The van der Waals surface area contributed by atoms with Crippen molar-refractivity contribution in [3.8, 4) is 0 Å². The molecule has 1 saturated heterocycles. The number of carbonyl (C=O) groups is 1. The molecule has 21 heavy (non-hydrogen) atoms. The fourth-order valence-corrected chi connectivity index (χ4v) is 3.03. The van der Waals surface area contributed by atoms with Gasteiger partial charge in [-0.3, -0.25) is 4.79 Å². The Morgan fingerprint density at radius 3 is 2.90 bits per heavy atom. The summed E-state index contributed by atoms with van der Waals surface area (Å²) in [7, 11) is 0. The highest BCUT2D eigenvalue weighted by atomic mass is 35.5. The fourth-order valence-electron chi connectivity index (χ4n) is 2.87. The molecule has 0 spiro atoms. The number of piperidine rings is 1. The number of halogens is 2. The van der Waals surface area contributed by atoms with Crippen LogP contribution in [0.4, 0.5) is 4.39 Å². The number of carbonyl (C=O) groups excluding carboxylic acids is 1. The van der Waals surface area contributed by atoms with Gasteiger partial charge in [-0.05, 0) is 25.0 Å². The van der Waals surface area contributed by atoms with E-state index in [0.717, 1.165) is 23.9 Å². The van der Waals surface area contributed by atoms with Gasteiger partial charge in [-0.1, -0.05) is 5.16 Å². The molecule has 3 rings (SSSR count). The molecule has 2 heterocycles. The van der Waals surface area contributed by atoms with Gasteiger partial charge in [0.1, 0.15) is 5.82 Å². The molecule has 1 aromatic heterocycles. The van der Waals surface area contributed by atoms with Crippen molar-refractivity contribution >= 4 is 28.5 Å². The molecular weight excluding hydrogens is 295 g/mol. The summed E-state index contributed by atoms with van der Waals surface area (Å²) in [5.41, 5.74) is 1.35. The van der Waals surface area contributed by atoms with Crippen LogP contribution < -0.4 is 0 Å². The summed E-state index contributed by atoms with van der Waals surface area (Å²) in [6, 6.07) is 4.48. The Bertz CT molecular complexity index is 650. The summed E-state index contributed by atoms with van der Waals surface area (Å²) in [4.78, 5) is 13.7. The Morgan fingerprint density at radius 1 is 1.43 bits per heavy atom. The third-order valence-corrected chi connectivity index (χ3v) is 4.19. The zero-order valence-electron chi connectivity index (χ0n) is 11.5. The second kappa shape index (κ2) is 6.02. The zero-order chi connectivity index (χ0) is 14.8. The summed E-state index contributed by atoms with van der Waals surface area (Å²) in [5.74, 6) is 0.386. The molecule has 0 radical (unpaired) electrons. The zero-order valence-corrected chi connectivity index (χ0v) is 12.3. The number of benzene rings is 1. The maximum Gasteiger partial charge on any atom is 0.223 e. The van der Waals surface area contributed by atoms with Crippen LogP contribution in [0.25, 0.3) is 11.0 Å². The molecule has 0 atom stereocenters. The maximum atomic E-state index is 13.2. The number of nitrogens with zero attached hydrogens (tertiary/aromatic N) is 2. The van der Waals surface area contributed by atoms with Crippen LogP contribution in [0.2, 0.25) is 0 Å². The first-order chi connectivity index (χ1) is 10.2. The lowest BCUT2D eigenvalue weighted by atomic mass is 9.91. The third-order valence-electron chi connectivity index (χ3n) is 4.00. The van der Waals surface area contributed by atoms with Crippen molar-refractivity contribution in [1.29, 1.82) is 0 Å². The molecule has 1 fully saturated rings. The summed E-state index contributed by atoms with van der Waals surface area (Å²) in [5, 5.41) is 4.96. The Morgan fingerprint density at radius 2 is 2.19 bits per heavy atom. The van der Waals surface area contributed by atoms with Crippen molar-refractivity contribution in [2.24, 2.45) is 0 Å². The molecule has 0 saturated carbocycles. The molecule has 4 nitrogen and oxygen atoms in total. The molecule has 112 valence electrons. The Labute approximate surface area is 126 Å². The number of alkyl halides is 1. The maximum absolute atomic E-state index is 13.2. The van der Waals surface area contributed by atoms with E-state index in [4.69, 9.17) is 16.1 Å². The molecule has 1 aromatic carbocycles. The van der Waals surface area contributed by atoms with Crippen LogP contribution in [-0.4, -0.2) is 34.9 Å². The fraction of sp³-hybridized carbons (Fsp3) is 0.467. The molecule has 6 heteroatoms. The van der Waals surface area contributed by atoms with Crippen molar-refractivity contribution in [2.45, 2.75) is 25.2 Å². The number of rotatable bonds is 3. The normalized spacial score (nSPS) is 16.6. The van der Waals surface area contributed by atoms with E-state index in [1.54, 1.807) is 6.07 Å². The third kappa shape index (κ3) is 2.88. The smallest absolute Gasteiger partial charge is 0.223 e. The number of hydrogen-bond donors (Lipinski definition) is 0. The van der Waals surface area contributed by atoms with Crippen molar-refractivity contribution in [3.63, 3.8) is 0 Å². The first kappa shape index (κ1) is 14.3. The highest BCUT2D eigenvalue weighted by molar-refractivity contribution is 6.18. The number of aromatic nitrogens is 1. The highest BCUT2D eigenvalue weighted by Gasteiger charge is 2.26. The van der Waals surface area contributed by atoms with Crippen LogP contribution in [0.3, 0.4) is 0 Å². The van der Waals surface area contributed by atoms with Gasteiger partial charge in [-0.25, -0.2) is 4.39 Å². The van der Waals surface area contributed by atoms with E-state index in [-0.39, 0.29) is 17.6 Å². The van der Waals surface area contributed by atoms with Crippen molar-refractivity contribution in [2.75, 3.05) is 19.0 Å². The Hall–Kier alpha value is -1.62. The van der Waals surface area contributed by atoms with Gasteiger partial charge >= 0.3 is 0 Å². The first-order valence-electron chi connectivity index (χ1n) is 7.07. The summed E-state index contributed by atoms with van der Waals surface area (Å²) < 4.78 is 18.4. The number of hydrogen-bond acceptors (Lipinski definition) is 3. The van der Waals surface area contributed by atoms with Gasteiger partial charge < -0.3 is 9.42 Å². The topological polar surface area (TPSA) is 46.3 Å². The Kier molecular flexibility index (Phi) is 4.10. The van der Waals surface area contributed by atoms with Gasteiger partial charge in [0.25, 0.3) is 0 Å². The van der Waals surface area contributed by atoms with Crippen LogP contribution in [0.5, 0.6) is 0 Å². The number of fused-ring (bicyclic) bond motifs is 1. The summed E-state index contributed by atoms with van der Waals surface area (Å²) >= 11 is 5.60. The van der Waals surface area contributed by atoms with E-state index in [2.05, 4.69) is 5.16 Å². The standard InChI is InChI=1S/C15H16ClFN2O2/c16-6-3-14(20)19-7-4-10(5-8-19)15-12-2-1-11(17)9-13(12)21-18-15/h1-2,9-10H,3-8H2. The lowest BCUT2D eigenvalue weighted by molar-refractivity contribution is -0.131. The van der Waals surface area contributed by atoms with Gasteiger partial charge in [0.05, 0.1) is 5.69 Å². The van der Waals surface area contributed by atoms with Crippen molar-refractivity contribution in [3.05, 3.63) is 29.7 Å². The molecule has 0 N–H and O–H groups in total. The molecule has 1 aliphatic rings. The van der Waals surface area contributed by atoms with Gasteiger partial charge in [-0.15, -0.1) is 11.6 Å². The predicted octanol–water partition coefficient (Wildman–Crippen LogP) is 3.30. The van der Waals surface area contributed by atoms with E-state index in [9.17, 15) is 9.18 Å². The average molecular weight is 311 g/mol. The van der Waals surface area contributed by atoms with Crippen LogP contribution in [0.15, 0.2) is 22.7 Å². The summed E-state index contributed by atoms with van der Waals surface area (Å²) in [6.07, 6.45) is 2.07.